The van der Waals surface area contributed by atoms with E-state index in [1.54, 1.807) is 0 Å². The highest BCUT2D eigenvalue weighted by Crippen LogP contribution is 2.38. The van der Waals surface area contributed by atoms with Crippen molar-refractivity contribution in [2.75, 3.05) is 6.54 Å². The smallest absolute Gasteiger partial charge is 0.389 e. The maximum absolute atomic E-state index is 13.1. The highest BCUT2D eigenvalue weighted by Gasteiger charge is 2.40. The number of halogens is 6. The minimum Gasteiger partial charge on any atom is -0.434 e. The van der Waals surface area contributed by atoms with E-state index in [4.69, 9.17) is 20.0 Å². The van der Waals surface area contributed by atoms with Crippen molar-refractivity contribution >= 4 is 29.1 Å². The molecule has 3 rings (SSSR count). The fourth-order valence-corrected chi connectivity index (χ4v) is 4.79. The maximum atomic E-state index is 13.1. The average Bonchev–Trinajstić information content (AvgIpc) is 3.14. The summed E-state index contributed by atoms with van der Waals surface area (Å²) in [5.41, 5.74) is -1.25. The Morgan fingerprint density at radius 1 is 1.35 bits per heavy atom. The van der Waals surface area contributed by atoms with E-state index in [9.17, 15) is 37.0 Å². The number of carbonyl (C=O) groups is 1. The molecule has 224 valence electrons. The molecule has 1 fully saturated rings. The molecule has 3 N–H and O–H groups in total. The second kappa shape index (κ2) is 14.3. The predicted octanol–water partition coefficient (Wildman–Crippen LogP) is 4.20. The first kappa shape index (κ1) is 33.6. The molecule has 16 heteroatoms. The van der Waals surface area contributed by atoms with E-state index in [2.05, 4.69) is 15.2 Å². The number of aliphatic hydroxyl groups is 2. The van der Waals surface area contributed by atoms with Crippen molar-refractivity contribution in [2.45, 2.75) is 69.9 Å². The molecule has 0 bridgehead atoms. The van der Waals surface area contributed by atoms with Crippen LogP contribution in [0.25, 0.3) is 11.3 Å². The molecule has 9 nitrogen and oxygen atoms in total. The molecule has 1 aromatic carbocycles. The van der Waals surface area contributed by atoms with Gasteiger partial charge in [0.1, 0.15) is 11.4 Å². The number of nitrogens with one attached hydrogen (secondary N) is 1. The third-order valence-corrected chi connectivity index (χ3v) is 6.88. The molecule has 2 aromatic rings. The predicted molar refractivity (Wildman–Crippen MR) is 135 cm³/mol. The van der Waals surface area contributed by atoms with Gasteiger partial charge in [0.2, 0.25) is 0 Å². The first-order valence-corrected chi connectivity index (χ1v) is 13.1. The number of amides is 1. The average molecular weight is 618 g/mol. The minimum absolute atomic E-state index is 0.0142. The second-order valence-electron chi connectivity index (χ2n) is 9.56. The minimum atomic E-state index is -4.33. The summed E-state index contributed by atoms with van der Waals surface area (Å²) >= 11 is 5.67. The van der Waals surface area contributed by atoms with Crippen molar-refractivity contribution in [2.24, 2.45) is 13.0 Å². The van der Waals surface area contributed by atoms with Crippen molar-refractivity contribution in [3.05, 3.63) is 34.5 Å². The van der Waals surface area contributed by atoms with Crippen LogP contribution in [0.2, 0.25) is 5.02 Å². The molecule has 40 heavy (non-hydrogen) atoms. The summed E-state index contributed by atoms with van der Waals surface area (Å²) in [5.74, 6) is -0.837. The van der Waals surface area contributed by atoms with Gasteiger partial charge in [0, 0.05) is 25.6 Å². The summed E-state index contributed by atoms with van der Waals surface area (Å²) in [6.45, 7) is -1.50. The number of carbonyl (C=O) groups excluding carboxylic acids is 1. The third-order valence-electron chi connectivity index (χ3n) is 6.52. The Morgan fingerprint density at radius 3 is 2.58 bits per heavy atom. The lowest BCUT2D eigenvalue weighted by Gasteiger charge is -2.39. The zero-order chi connectivity index (χ0) is 30.3. The van der Waals surface area contributed by atoms with Gasteiger partial charge in [-0.05, 0) is 55.7 Å². The molecule has 1 aliphatic rings. The first-order chi connectivity index (χ1) is 18.6. The fraction of sp³-hybridized carbons (Fsp3) is 0.583. The standard InChI is InChI=1S/C24H29ClF5N3O4.O2S/c1-13-7-9-23(36,17(34)10-13)12-31-21(35)19-18(25)20(33(2)32-19)15-6-5-14(4-3-8-24(28,29)30)11-16(15)37-22(26)27;1-3-2/h5-6,11,13,17,22,34,36H,3-4,7-10,12H2,1-2H3,(H,31,35);/t13-,17-,23-;/m0./s1. The van der Waals surface area contributed by atoms with Crippen LogP contribution in [0.4, 0.5) is 22.0 Å². The van der Waals surface area contributed by atoms with Crippen LogP contribution in [0, 0.1) is 5.92 Å². The van der Waals surface area contributed by atoms with Gasteiger partial charge in [0.05, 0.1) is 16.8 Å². The molecular weight excluding hydrogens is 589 g/mol. The number of aryl methyl sites for hydroxylation is 2. The molecule has 0 radical (unpaired) electrons. The Morgan fingerprint density at radius 2 is 2.00 bits per heavy atom. The monoisotopic (exact) mass is 617 g/mol. The molecule has 1 aliphatic carbocycles. The Labute approximate surface area is 235 Å². The number of aliphatic hydroxyl groups excluding tert-OH is 1. The van der Waals surface area contributed by atoms with Crippen LogP contribution < -0.4 is 10.1 Å². The van der Waals surface area contributed by atoms with Crippen LogP contribution in [0.1, 0.15) is 55.1 Å². The van der Waals surface area contributed by atoms with Gasteiger partial charge in [0.15, 0.2) is 5.69 Å². The molecule has 0 spiro atoms. The number of alkyl halides is 5. The SMILES string of the molecule is C[C@H]1CC[C@](O)(CNC(=O)c2nn(C)c(-c3ccc(CCCC(F)(F)F)cc3OC(F)F)c2Cl)[C@@H](O)C1.O=S=O. The van der Waals surface area contributed by atoms with Gasteiger partial charge in [-0.3, -0.25) is 9.48 Å². The zero-order valence-corrected chi connectivity index (χ0v) is 23.1. The molecule has 0 aliphatic heterocycles. The summed E-state index contributed by atoms with van der Waals surface area (Å²) in [4.78, 5) is 12.8. The van der Waals surface area contributed by atoms with Gasteiger partial charge in [-0.25, -0.2) is 0 Å². The van der Waals surface area contributed by atoms with Crippen molar-refractivity contribution in [1.29, 1.82) is 0 Å². The van der Waals surface area contributed by atoms with Crippen LogP contribution >= 0.6 is 11.6 Å². The fourth-order valence-electron chi connectivity index (χ4n) is 4.44. The van der Waals surface area contributed by atoms with E-state index >= 15 is 0 Å². The van der Waals surface area contributed by atoms with Gasteiger partial charge in [-0.1, -0.05) is 24.6 Å². The highest BCUT2D eigenvalue weighted by molar-refractivity contribution is 7.51. The number of rotatable bonds is 9. The van der Waals surface area contributed by atoms with E-state index in [-0.39, 0.29) is 53.0 Å². The largest absolute Gasteiger partial charge is 0.434 e. The molecular formula is C24H29ClF5N3O6S. The van der Waals surface area contributed by atoms with Crippen molar-refractivity contribution in [3.8, 4) is 17.0 Å². The lowest BCUT2D eigenvalue weighted by atomic mass is 9.77. The molecule has 0 unspecified atom stereocenters. The topological polar surface area (TPSA) is 131 Å². The van der Waals surface area contributed by atoms with Crippen LogP contribution in [0.3, 0.4) is 0 Å². The summed E-state index contributed by atoms with van der Waals surface area (Å²) in [7, 11) is 1.43. The molecule has 0 saturated heterocycles. The molecule has 1 saturated carbocycles. The van der Waals surface area contributed by atoms with Gasteiger partial charge in [-0.2, -0.15) is 35.5 Å². The van der Waals surface area contributed by atoms with E-state index in [0.717, 1.165) is 0 Å². The Balaban J connectivity index is 0.00000178. The second-order valence-corrected chi connectivity index (χ2v) is 10.1. The summed E-state index contributed by atoms with van der Waals surface area (Å²) in [6.07, 6.45) is -5.25. The van der Waals surface area contributed by atoms with Crippen LogP contribution in [0.15, 0.2) is 18.2 Å². The van der Waals surface area contributed by atoms with E-state index < -0.39 is 48.4 Å². The molecule has 1 aromatic heterocycles. The van der Waals surface area contributed by atoms with Crippen molar-refractivity contribution < 1.29 is 50.1 Å². The summed E-state index contributed by atoms with van der Waals surface area (Å²) in [6, 6.07) is 4.05. The quantitative estimate of drug-likeness (QED) is 0.360. The highest BCUT2D eigenvalue weighted by atomic mass is 35.5. The Bertz CT molecular complexity index is 1210. The lowest BCUT2D eigenvalue weighted by Crippen LogP contribution is -2.54. The van der Waals surface area contributed by atoms with Gasteiger partial charge in [-0.15, -0.1) is 0 Å². The van der Waals surface area contributed by atoms with Crippen LogP contribution in [0.5, 0.6) is 5.75 Å². The first-order valence-electron chi connectivity index (χ1n) is 12.1. The number of hydrogen-bond donors (Lipinski definition) is 3. The number of hydrogen-bond acceptors (Lipinski definition) is 7. The van der Waals surface area contributed by atoms with E-state index in [1.807, 2.05) is 6.92 Å². The summed E-state index contributed by atoms with van der Waals surface area (Å²) < 4.78 is 86.0. The van der Waals surface area contributed by atoms with Crippen molar-refractivity contribution in [3.63, 3.8) is 0 Å². The zero-order valence-electron chi connectivity index (χ0n) is 21.5. The van der Waals surface area contributed by atoms with Gasteiger partial charge >= 0.3 is 24.4 Å². The molecule has 1 amide bonds. The van der Waals surface area contributed by atoms with Crippen LogP contribution in [-0.4, -0.2) is 65.4 Å². The van der Waals surface area contributed by atoms with E-state index in [0.29, 0.717) is 24.8 Å². The van der Waals surface area contributed by atoms with Crippen LogP contribution in [-0.2, 0) is 25.0 Å². The lowest BCUT2D eigenvalue weighted by molar-refractivity contribution is -0.135. The summed E-state index contributed by atoms with van der Waals surface area (Å²) in [5, 5.41) is 27.5. The third kappa shape index (κ3) is 9.21. The number of ether oxygens (including phenoxy) is 1. The van der Waals surface area contributed by atoms with Gasteiger partial charge < -0.3 is 20.3 Å². The molecule has 1 heterocycles. The number of nitrogens with zero attached hydrogens (tertiary/aromatic N) is 2. The number of aromatic nitrogens is 2. The Kier molecular flexibility index (Phi) is 12.0. The molecule has 3 atom stereocenters. The maximum Gasteiger partial charge on any atom is 0.389 e. The number of benzene rings is 1. The normalized spacial score (nSPS) is 21.0. The Hall–Kier alpha value is -2.62. The van der Waals surface area contributed by atoms with E-state index in [1.165, 1.54) is 29.9 Å². The van der Waals surface area contributed by atoms with Crippen molar-refractivity contribution in [1.82, 2.24) is 15.1 Å². The van der Waals surface area contributed by atoms with Gasteiger partial charge in [0.25, 0.3) is 5.91 Å².